The molecule has 6 heteroatoms. The van der Waals surface area contributed by atoms with E-state index in [4.69, 9.17) is 14.2 Å². The maximum Gasteiger partial charge on any atom is 0.257 e. The first-order chi connectivity index (χ1) is 16.8. The number of carbonyl (C=O) groups excluding carboxylic acids is 1. The van der Waals surface area contributed by atoms with E-state index >= 15 is 0 Å². The molecule has 0 spiro atoms. The number of hydrogen-bond donors (Lipinski definition) is 1. The molecular weight excluding hydrogens is 428 g/mol. The molecule has 0 bridgehead atoms. The summed E-state index contributed by atoms with van der Waals surface area (Å²) in [6.45, 7) is 2.60. The van der Waals surface area contributed by atoms with Crippen molar-refractivity contribution in [2.24, 2.45) is 0 Å². The van der Waals surface area contributed by atoms with Crippen LogP contribution in [-0.2, 0) is 9.47 Å². The van der Waals surface area contributed by atoms with Gasteiger partial charge in [-0.2, -0.15) is 0 Å². The molecule has 3 aromatic rings. The summed E-state index contributed by atoms with van der Waals surface area (Å²) in [6, 6.07) is 20.2. The molecule has 0 radical (unpaired) electrons. The maximum absolute atomic E-state index is 13.8. The van der Waals surface area contributed by atoms with Crippen LogP contribution in [0.3, 0.4) is 0 Å². The number of rotatable bonds is 6. The van der Waals surface area contributed by atoms with Crippen LogP contribution in [-0.4, -0.2) is 49.4 Å². The molecule has 3 aliphatic heterocycles. The predicted octanol–water partition coefficient (Wildman–Crippen LogP) is 5.14. The third-order valence-electron chi connectivity index (χ3n) is 7.10. The van der Waals surface area contributed by atoms with Crippen molar-refractivity contribution in [1.29, 1.82) is 0 Å². The number of benzene rings is 3. The third kappa shape index (κ3) is 4.01. The largest absolute Gasteiger partial charge is 0.490 e. The molecule has 3 atom stereocenters. The zero-order chi connectivity index (χ0) is 22.9. The zero-order valence-electron chi connectivity index (χ0n) is 19.2. The molecular formula is C28H30N2O4. The summed E-state index contributed by atoms with van der Waals surface area (Å²) in [5.74, 6) is 0.809. The number of anilines is 1. The van der Waals surface area contributed by atoms with Crippen LogP contribution in [0.1, 0.15) is 47.8 Å². The van der Waals surface area contributed by atoms with Gasteiger partial charge in [-0.3, -0.25) is 4.79 Å². The molecule has 1 amide bonds. The van der Waals surface area contributed by atoms with Gasteiger partial charge in [0.15, 0.2) is 0 Å². The van der Waals surface area contributed by atoms with Crippen LogP contribution < -0.4 is 10.1 Å². The summed E-state index contributed by atoms with van der Waals surface area (Å²) in [6.07, 6.45) is 3.89. The van der Waals surface area contributed by atoms with Crippen LogP contribution in [0.25, 0.3) is 10.8 Å². The Bertz CT molecular complexity index is 1180. The van der Waals surface area contributed by atoms with E-state index in [0.717, 1.165) is 66.7 Å². The summed E-state index contributed by atoms with van der Waals surface area (Å²) in [7, 11) is 0. The van der Waals surface area contributed by atoms with Crippen LogP contribution >= 0.6 is 0 Å². The van der Waals surface area contributed by atoms with Crippen LogP contribution in [0, 0.1) is 0 Å². The molecule has 2 saturated heterocycles. The lowest BCUT2D eigenvalue weighted by molar-refractivity contribution is 0.0418. The minimum absolute atomic E-state index is 0.0212. The van der Waals surface area contributed by atoms with Gasteiger partial charge >= 0.3 is 0 Å². The van der Waals surface area contributed by atoms with E-state index in [1.54, 1.807) is 0 Å². The van der Waals surface area contributed by atoms with Gasteiger partial charge in [0, 0.05) is 31.0 Å². The second-order valence-electron chi connectivity index (χ2n) is 9.33. The SMILES string of the molecule is O=C1c2ccccc2NC(c2c(OCC3CCCO3)ccc3ccccc23)N1CC1CCCO1. The highest BCUT2D eigenvalue weighted by molar-refractivity contribution is 6.02. The number of nitrogens with one attached hydrogen (secondary N) is 1. The molecule has 1 N–H and O–H groups in total. The molecule has 3 heterocycles. The fourth-order valence-corrected chi connectivity index (χ4v) is 5.36. The van der Waals surface area contributed by atoms with Crippen molar-refractivity contribution >= 4 is 22.4 Å². The molecule has 0 saturated carbocycles. The summed E-state index contributed by atoms with van der Waals surface area (Å²) < 4.78 is 18.1. The molecule has 3 aliphatic rings. The van der Waals surface area contributed by atoms with Gasteiger partial charge in [0.05, 0.1) is 17.8 Å². The number of ether oxygens (including phenoxy) is 3. The number of hydrogen-bond acceptors (Lipinski definition) is 5. The second-order valence-corrected chi connectivity index (χ2v) is 9.33. The lowest BCUT2D eigenvalue weighted by atomic mass is 9.97. The van der Waals surface area contributed by atoms with Crippen molar-refractivity contribution in [3.8, 4) is 5.75 Å². The Labute approximate surface area is 199 Å². The molecule has 2 fully saturated rings. The standard InChI is InChI=1S/C28H30N2O4/c31-28-23-11-3-4-12-24(23)29-27(30(28)17-20-8-5-15-32-20)26-22-10-2-1-7-19(22)13-14-25(26)34-18-21-9-6-16-33-21/h1-4,7,10-14,20-21,27,29H,5-6,8-9,15-18H2. The van der Waals surface area contributed by atoms with Crippen LogP contribution in [0.4, 0.5) is 5.69 Å². The van der Waals surface area contributed by atoms with Gasteiger partial charge in [-0.05, 0) is 54.7 Å². The Morgan fingerprint density at radius 3 is 2.50 bits per heavy atom. The van der Waals surface area contributed by atoms with E-state index in [9.17, 15) is 4.79 Å². The van der Waals surface area contributed by atoms with Crippen LogP contribution in [0.15, 0.2) is 60.7 Å². The quantitative estimate of drug-likeness (QED) is 0.554. The van der Waals surface area contributed by atoms with Crippen molar-refractivity contribution in [3.05, 3.63) is 71.8 Å². The Morgan fingerprint density at radius 1 is 0.912 bits per heavy atom. The fraction of sp³-hybridized carbons (Fsp3) is 0.393. The lowest BCUT2D eigenvalue weighted by Crippen LogP contribution is -2.46. The molecule has 6 nitrogen and oxygen atoms in total. The maximum atomic E-state index is 13.8. The van der Waals surface area contributed by atoms with Gasteiger partial charge in [-0.1, -0.05) is 42.5 Å². The molecule has 0 aliphatic carbocycles. The zero-order valence-corrected chi connectivity index (χ0v) is 19.2. The van der Waals surface area contributed by atoms with Crippen molar-refractivity contribution in [3.63, 3.8) is 0 Å². The first-order valence-electron chi connectivity index (χ1n) is 12.3. The topological polar surface area (TPSA) is 60.0 Å². The van der Waals surface area contributed by atoms with Crippen LogP contribution in [0.5, 0.6) is 5.75 Å². The summed E-state index contributed by atoms with van der Waals surface area (Å²) in [5, 5.41) is 5.86. The van der Waals surface area contributed by atoms with Crippen molar-refractivity contribution in [1.82, 2.24) is 4.90 Å². The first-order valence-corrected chi connectivity index (χ1v) is 12.3. The second kappa shape index (κ2) is 9.28. The van der Waals surface area contributed by atoms with E-state index in [0.29, 0.717) is 18.7 Å². The molecule has 6 rings (SSSR count). The Hall–Kier alpha value is -3.09. The Kier molecular flexibility index (Phi) is 5.85. The summed E-state index contributed by atoms with van der Waals surface area (Å²) in [4.78, 5) is 15.7. The Morgan fingerprint density at radius 2 is 1.68 bits per heavy atom. The van der Waals surface area contributed by atoms with Gasteiger partial charge in [0.2, 0.25) is 0 Å². The Balaban J connectivity index is 1.44. The number of nitrogens with zero attached hydrogens (tertiary/aromatic N) is 1. The van der Waals surface area contributed by atoms with Crippen molar-refractivity contribution < 1.29 is 19.0 Å². The van der Waals surface area contributed by atoms with Gasteiger partial charge in [-0.15, -0.1) is 0 Å². The number of amides is 1. The smallest absolute Gasteiger partial charge is 0.257 e. The number of para-hydroxylation sites is 1. The first kappa shape index (κ1) is 21.4. The minimum atomic E-state index is -0.364. The average molecular weight is 459 g/mol. The van der Waals surface area contributed by atoms with Crippen LogP contribution in [0.2, 0.25) is 0 Å². The monoisotopic (exact) mass is 458 g/mol. The van der Waals surface area contributed by atoms with E-state index in [1.165, 1.54) is 0 Å². The summed E-state index contributed by atoms with van der Waals surface area (Å²) in [5.41, 5.74) is 2.52. The molecule has 3 unspecified atom stereocenters. The van der Waals surface area contributed by atoms with Crippen molar-refractivity contribution in [2.45, 2.75) is 44.1 Å². The van der Waals surface area contributed by atoms with Gasteiger partial charge in [0.1, 0.15) is 18.5 Å². The van der Waals surface area contributed by atoms with E-state index in [2.05, 4.69) is 23.5 Å². The predicted molar refractivity (Wildman–Crippen MR) is 131 cm³/mol. The normalized spacial score (nSPS) is 24.3. The lowest BCUT2D eigenvalue weighted by Gasteiger charge is -2.40. The number of carbonyl (C=O) groups is 1. The third-order valence-corrected chi connectivity index (χ3v) is 7.10. The van der Waals surface area contributed by atoms with Gasteiger partial charge in [0.25, 0.3) is 5.91 Å². The van der Waals surface area contributed by atoms with E-state index in [1.807, 2.05) is 47.4 Å². The summed E-state index contributed by atoms with van der Waals surface area (Å²) >= 11 is 0. The minimum Gasteiger partial charge on any atom is -0.490 e. The van der Waals surface area contributed by atoms with Gasteiger partial charge in [-0.25, -0.2) is 0 Å². The van der Waals surface area contributed by atoms with Gasteiger partial charge < -0.3 is 24.4 Å². The highest BCUT2D eigenvalue weighted by atomic mass is 16.5. The molecule has 34 heavy (non-hydrogen) atoms. The number of fused-ring (bicyclic) bond motifs is 2. The highest BCUT2D eigenvalue weighted by Crippen LogP contribution is 2.41. The average Bonchev–Trinajstić information content (AvgIpc) is 3.59. The molecule has 0 aromatic heterocycles. The van der Waals surface area contributed by atoms with E-state index in [-0.39, 0.29) is 24.3 Å². The van der Waals surface area contributed by atoms with Crippen molar-refractivity contribution in [2.75, 3.05) is 31.7 Å². The molecule has 176 valence electrons. The van der Waals surface area contributed by atoms with E-state index < -0.39 is 0 Å². The highest BCUT2D eigenvalue weighted by Gasteiger charge is 2.37. The fourth-order valence-electron chi connectivity index (χ4n) is 5.36. The molecule has 3 aromatic carbocycles.